The first-order valence-electron chi connectivity index (χ1n) is 10.3. The van der Waals surface area contributed by atoms with Gasteiger partial charge in [-0.05, 0) is 55.9 Å². The molecule has 29 heavy (non-hydrogen) atoms. The van der Waals surface area contributed by atoms with Crippen LogP contribution in [0.15, 0.2) is 48.5 Å². The third-order valence-electron chi connectivity index (χ3n) is 5.60. The van der Waals surface area contributed by atoms with Crippen LogP contribution in [0.2, 0.25) is 0 Å². The monoisotopic (exact) mass is 398 g/mol. The first-order chi connectivity index (χ1) is 14.0. The van der Waals surface area contributed by atoms with Gasteiger partial charge in [-0.25, -0.2) is 9.18 Å². The van der Waals surface area contributed by atoms with Crippen molar-refractivity contribution in [2.45, 2.75) is 19.4 Å². The lowest BCUT2D eigenvalue weighted by Gasteiger charge is -2.36. The summed E-state index contributed by atoms with van der Waals surface area (Å²) in [6, 6.07) is 15.2. The van der Waals surface area contributed by atoms with Gasteiger partial charge in [-0.15, -0.1) is 0 Å². The summed E-state index contributed by atoms with van der Waals surface area (Å²) in [6.07, 6.45) is 1.02. The number of amides is 2. The SMILES string of the molecule is CCc1ccc(C(CNC(=O)N2CCN(c3ccc(F)cc3)CC2)N(C)C)cc1. The Labute approximate surface area is 173 Å². The van der Waals surface area contributed by atoms with Crippen LogP contribution in [0.25, 0.3) is 0 Å². The van der Waals surface area contributed by atoms with Gasteiger partial charge in [-0.3, -0.25) is 0 Å². The summed E-state index contributed by atoms with van der Waals surface area (Å²) >= 11 is 0. The number of piperazine rings is 1. The molecule has 0 aliphatic carbocycles. The fraction of sp³-hybridized carbons (Fsp3) is 0.435. The van der Waals surface area contributed by atoms with Crippen molar-refractivity contribution < 1.29 is 9.18 Å². The Morgan fingerprint density at radius 2 is 1.66 bits per heavy atom. The van der Waals surface area contributed by atoms with Crippen LogP contribution in [0.1, 0.15) is 24.1 Å². The molecule has 1 unspecified atom stereocenters. The van der Waals surface area contributed by atoms with Gasteiger partial charge in [-0.2, -0.15) is 0 Å². The number of carbonyl (C=O) groups is 1. The highest BCUT2D eigenvalue weighted by Crippen LogP contribution is 2.19. The number of aryl methyl sites for hydroxylation is 1. The summed E-state index contributed by atoms with van der Waals surface area (Å²) < 4.78 is 13.1. The van der Waals surface area contributed by atoms with E-state index in [4.69, 9.17) is 0 Å². The number of carbonyl (C=O) groups excluding carboxylic acids is 1. The number of likely N-dealkylation sites (N-methyl/N-ethyl adjacent to an activating group) is 1. The Balaban J connectivity index is 1.52. The molecule has 2 amide bonds. The third-order valence-corrected chi connectivity index (χ3v) is 5.60. The predicted molar refractivity (Wildman–Crippen MR) is 116 cm³/mol. The van der Waals surface area contributed by atoms with Crippen molar-refractivity contribution in [3.63, 3.8) is 0 Å². The Kier molecular flexibility index (Phi) is 7.09. The molecule has 0 spiro atoms. The molecule has 6 heteroatoms. The normalized spacial score (nSPS) is 15.5. The second-order valence-electron chi connectivity index (χ2n) is 7.71. The molecule has 1 aliphatic rings. The molecule has 156 valence electrons. The first-order valence-corrected chi connectivity index (χ1v) is 10.3. The van der Waals surface area contributed by atoms with Gasteiger partial charge in [0.2, 0.25) is 0 Å². The molecule has 1 atom stereocenters. The van der Waals surface area contributed by atoms with E-state index in [9.17, 15) is 9.18 Å². The minimum Gasteiger partial charge on any atom is -0.368 e. The average molecular weight is 399 g/mol. The molecule has 5 nitrogen and oxygen atoms in total. The maximum absolute atomic E-state index is 13.1. The Hall–Kier alpha value is -2.60. The Morgan fingerprint density at radius 1 is 1.03 bits per heavy atom. The summed E-state index contributed by atoms with van der Waals surface area (Å²) in [5.74, 6) is -0.230. The van der Waals surface area contributed by atoms with E-state index in [0.29, 0.717) is 19.6 Å². The zero-order chi connectivity index (χ0) is 20.8. The van der Waals surface area contributed by atoms with Crippen molar-refractivity contribution in [2.75, 3.05) is 51.7 Å². The lowest BCUT2D eigenvalue weighted by Crippen LogP contribution is -2.52. The lowest BCUT2D eigenvalue weighted by molar-refractivity contribution is 0.189. The van der Waals surface area contributed by atoms with Crippen LogP contribution in [0, 0.1) is 5.82 Å². The number of hydrogen-bond donors (Lipinski definition) is 1. The number of benzene rings is 2. The number of halogens is 1. The fourth-order valence-electron chi connectivity index (χ4n) is 3.69. The van der Waals surface area contributed by atoms with Gasteiger partial charge < -0.3 is 20.0 Å². The van der Waals surface area contributed by atoms with Crippen LogP contribution in [-0.2, 0) is 6.42 Å². The second kappa shape index (κ2) is 9.74. The summed E-state index contributed by atoms with van der Waals surface area (Å²) in [4.78, 5) is 18.8. The summed E-state index contributed by atoms with van der Waals surface area (Å²) in [5, 5.41) is 3.10. The fourth-order valence-corrected chi connectivity index (χ4v) is 3.69. The van der Waals surface area contributed by atoms with E-state index in [0.717, 1.165) is 25.2 Å². The maximum atomic E-state index is 13.1. The van der Waals surface area contributed by atoms with Gasteiger partial charge in [0, 0.05) is 38.4 Å². The van der Waals surface area contributed by atoms with E-state index in [1.807, 2.05) is 19.0 Å². The van der Waals surface area contributed by atoms with Crippen LogP contribution in [0.4, 0.5) is 14.9 Å². The molecule has 1 aliphatic heterocycles. The third kappa shape index (κ3) is 5.48. The second-order valence-corrected chi connectivity index (χ2v) is 7.71. The van der Waals surface area contributed by atoms with E-state index in [-0.39, 0.29) is 17.9 Å². The standard InChI is InChI=1S/C23H31FN4O/c1-4-18-5-7-19(8-6-18)22(26(2)3)17-25-23(29)28-15-13-27(14-16-28)21-11-9-20(24)10-12-21/h5-12,22H,4,13-17H2,1-3H3,(H,25,29). The minimum absolute atomic E-state index is 0.0271. The minimum atomic E-state index is -0.230. The number of rotatable bonds is 6. The molecule has 1 N–H and O–H groups in total. The van der Waals surface area contributed by atoms with Gasteiger partial charge >= 0.3 is 6.03 Å². The van der Waals surface area contributed by atoms with Crippen LogP contribution in [0.3, 0.4) is 0 Å². The van der Waals surface area contributed by atoms with Gasteiger partial charge in [0.1, 0.15) is 5.82 Å². The first kappa shape index (κ1) is 21.1. The molecule has 1 saturated heterocycles. The molecular weight excluding hydrogens is 367 g/mol. The van der Waals surface area contributed by atoms with E-state index < -0.39 is 0 Å². The molecule has 0 radical (unpaired) electrons. The molecule has 0 saturated carbocycles. The quantitative estimate of drug-likeness (QED) is 0.809. The zero-order valence-electron chi connectivity index (χ0n) is 17.6. The van der Waals surface area contributed by atoms with Crippen LogP contribution in [0.5, 0.6) is 0 Å². The molecule has 1 fully saturated rings. The number of hydrogen-bond acceptors (Lipinski definition) is 3. The van der Waals surface area contributed by atoms with Crippen LogP contribution in [-0.4, -0.2) is 62.7 Å². The maximum Gasteiger partial charge on any atom is 0.317 e. The molecular formula is C23H31FN4O. The van der Waals surface area contributed by atoms with Crippen molar-refractivity contribution in [1.82, 2.24) is 15.1 Å². The van der Waals surface area contributed by atoms with Gasteiger partial charge in [-0.1, -0.05) is 31.2 Å². The van der Waals surface area contributed by atoms with E-state index in [2.05, 4.69) is 46.3 Å². The van der Waals surface area contributed by atoms with Crippen LogP contribution >= 0.6 is 0 Å². The molecule has 0 bridgehead atoms. The van der Waals surface area contributed by atoms with Gasteiger partial charge in [0.25, 0.3) is 0 Å². The number of nitrogens with one attached hydrogen (secondary N) is 1. The molecule has 2 aromatic carbocycles. The summed E-state index contributed by atoms with van der Waals surface area (Å²) in [7, 11) is 4.07. The topological polar surface area (TPSA) is 38.8 Å². The Morgan fingerprint density at radius 3 is 2.21 bits per heavy atom. The number of nitrogens with zero attached hydrogens (tertiary/aromatic N) is 3. The van der Waals surface area contributed by atoms with Gasteiger partial charge in [0.05, 0.1) is 6.04 Å². The predicted octanol–water partition coefficient (Wildman–Crippen LogP) is 3.52. The molecule has 2 aromatic rings. The van der Waals surface area contributed by atoms with E-state index in [1.54, 1.807) is 12.1 Å². The average Bonchev–Trinajstić information content (AvgIpc) is 2.74. The number of anilines is 1. The smallest absolute Gasteiger partial charge is 0.317 e. The number of urea groups is 1. The zero-order valence-corrected chi connectivity index (χ0v) is 17.6. The van der Waals surface area contributed by atoms with E-state index >= 15 is 0 Å². The highest BCUT2D eigenvalue weighted by Gasteiger charge is 2.23. The summed E-state index contributed by atoms with van der Waals surface area (Å²) in [6.45, 7) is 5.51. The van der Waals surface area contributed by atoms with Crippen molar-refractivity contribution >= 4 is 11.7 Å². The highest BCUT2D eigenvalue weighted by atomic mass is 19.1. The van der Waals surface area contributed by atoms with Gasteiger partial charge in [0.15, 0.2) is 0 Å². The highest BCUT2D eigenvalue weighted by molar-refractivity contribution is 5.74. The van der Waals surface area contributed by atoms with Crippen molar-refractivity contribution in [3.05, 3.63) is 65.5 Å². The van der Waals surface area contributed by atoms with E-state index in [1.165, 1.54) is 23.3 Å². The largest absolute Gasteiger partial charge is 0.368 e. The lowest BCUT2D eigenvalue weighted by atomic mass is 10.0. The van der Waals surface area contributed by atoms with Crippen molar-refractivity contribution in [3.8, 4) is 0 Å². The van der Waals surface area contributed by atoms with Crippen LogP contribution < -0.4 is 10.2 Å². The molecule has 1 heterocycles. The van der Waals surface area contributed by atoms with Crippen molar-refractivity contribution in [2.24, 2.45) is 0 Å². The molecule has 0 aromatic heterocycles. The van der Waals surface area contributed by atoms with Crippen molar-refractivity contribution in [1.29, 1.82) is 0 Å². The molecule has 3 rings (SSSR count). The Bertz CT molecular complexity index is 784. The summed E-state index contributed by atoms with van der Waals surface area (Å²) in [5.41, 5.74) is 3.51.